The molecule has 0 amide bonds. The van der Waals surface area contributed by atoms with Crippen LogP contribution in [0.25, 0.3) is 32.2 Å². The van der Waals surface area contributed by atoms with Crippen molar-refractivity contribution in [2.75, 3.05) is 0 Å². The predicted octanol–water partition coefficient (Wildman–Crippen LogP) is 1.23. The van der Waals surface area contributed by atoms with Gasteiger partial charge in [-0.15, -0.1) is 0 Å². The Balaban J connectivity index is 1.53. The molecule has 12 heteroatoms. The zero-order chi connectivity index (χ0) is 19.5. The molecule has 10 nitrogen and oxygen atoms in total. The number of aromatic amines is 2. The summed E-state index contributed by atoms with van der Waals surface area (Å²) in [5.74, 6) is 0. The number of fused-ring (bicyclic) bond motifs is 4. The van der Waals surface area contributed by atoms with Crippen molar-refractivity contribution in [3.05, 3.63) is 46.5 Å². The first-order valence-corrected chi connectivity index (χ1v) is 10.5. The molecule has 0 unspecified atom stereocenters. The Labute approximate surface area is 161 Å². The largest absolute Gasteiger partial charge is 0.323 e. The highest BCUT2D eigenvalue weighted by atomic mass is 32.2. The first-order valence-electron chi connectivity index (χ1n) is 8.19. The number of H-pyrrole nitrogens is 2. The molecule has 3 N–H and O–H groups in total. The van der Waals surface area contributed by atoms with Gasteiger partial charge in [-0.3, -0.25) is 9.89 Å². The van der Waals surface area contributed by atoms with Crippen LogP contribution in [0.4, 0.5) is 0 Å². The molecule has 0 aliphatic rings. The average Bonchev–Trinajstić information content (AvgIpc) is 3.37. The van der Waals surface area contributed by atoms with Gasteiger partial charge >= 0.3 is 0 Å². The van der Waals surface area contributed by atoms with Crippen molar-refractivity contribution < 1.29 is 8.42 Å². The maximum Gasteiger partial charge on any atom is 0.288 e. The van der Waals surface area contributed by atoms with E-state index in [2.05, 4.69) is 30.1 Å². The molecule has 0 radical (unpaired) electrons. The number of hydrogen-bond donors (Lipinski definition) is 3. The molecule has 0 bridgehead atoms. The monoisotopic (exact) mass is 415 g/mol. The van der Waals surface area contributed by atoms with Gasteiger partial charge in [0.2, 0.25) is 4.34 Å². The van der Waals surface area contributed by atoms with Gasteiger partial charge in [-0.05, 0) is 11.6 Å². The van der Waals surface area contributed by atoms with Gasteiger partial charge in [0, 0.05) is 24.4 Å². The molecular weight excluding hydrogens is 402 g/mol. The summed E-state index contributed by atoms with van der Waals surface area (Å²) >= 11 is 1.01. The second-order valence-corrected chi connectivity index (χ2v) is 9.17. The van der Waals surface area contributed by atoms with Crippen LogP contribution < -0.4 is 10.3 Å². The van der Waals surface area contributed by atoms with E-state index in [4.69, 9.17) is 0 Å². The van der Waals surface area contributed by atoms with Gasteiger partial charge in [0.25, 0.3) is 15.6 Å². The molecular formula is C16H13N7O3S2. The van der Waals surface area contributed by atoms with Crippen LogP contribution in [0.2, 0.25) is 0 Å². The van der Waals surface area contributed by atoms with Gasteiger partial charge in [-0.1, -0.05) is 23.5 Å². The summed E-state index contributed by atoms with van der Waals surface area (Å²) in [7, 11) is -2.16. The van der Waals surface area contributed by atoms with E-state index in [-0.39, 0.29) is 16.4 Å². The number of thiazole rings is 1. The van der Waals surface area contributed by atoms with Gasteiger partial charge < -0.3 is 4.57 Å². The highest BCUT2D eigenvalue weighted by Crippen LogP contribution is 2.32. The topological polar surface area (TPSA) is 138 Å². The number of sulfonamides is 1. The normalized spacial score (nSPS) is 12.5. The van der Waals surface area contributed by atoms with Gasteiger partial charge in [-0.25, -0.2) is 23.2 Å². The molecule has 5 aromatic rings. The molecule has 0 aliphatic heterocycles. The highest BCUT2D eigenvalue weighted by Gasteiger charge is 2.24. The predicted molar refractivity (Wildman–Crippen MR) is 105 cm³/mol. The zero-order valence-corrected chi connectivity index (χ0v) is 16.1. The fraction of sp³-hybridized carbons (Fsp3) is 0.125. The van der Waals surface area contributed by atoms with Crippen LogP contribution in [0.3, 0.4) is 0 Å². The van der Waals surface area contributed by atoms with E-state index < -0.39 is 10.0 Å². The molecule has 0 saturated carbocycles. The molecule has 1 aromatic carbocycles. The molecule has 28 heavy (non-hydrogen) atoms. The van der Waals surface area contributed by atoms with Crippen LogP contribution in [0.5, 0.6) is 0 Å². The van der Waals surface area contributed by atoms with Crippen molar-refractivity contribution in [2.24, 2.45) is 7.05 Å². The fourth-order valence-corrected chi connectivity index (χ4v) is 5.61. The van der Waals surface area contributed by atoms with Crippen LogP contribution >= 0.6 is 11.3 Å². The minimum absolute atomic E-state index is 0.0605. The Bertz CT molecular complexity index is 1520. The Morgan fingerprint density at radius 1 is 1.18 bits per heavy atom. The van der Waals surface area contributed by atoms with Gasteiger partial charge in [-0.2, -0.15) is 10.2 Å². The Morgan fingerprint density at radius 3 is 2.82 bits per heavy atom. The van der Waals surface area contributed by atoms with Crippen LogP contribution in [0.1, 0.15) is 5.56 Å². The first kappa shape index (κ1) is 17.0. The van der Waals surface area contributed by atoms with Crippen molar-refractivity contribution in [3.63, 3.8) is 0 Å². The summed E-state index contributed by atoms with van der Waals surface area (Å²) in [5.41, 5.74) is 2.13. The van der Waals surface area contributed by atoms with E-state index >= 15 is 0 Å². The quantitative estimate of drug-likeness (QED) is 0.403. The lowest BCUT2D eigenvalue weighted by Gasteiger charge is -2.05. The molecule has 0 spiro atoms. The number of benzene rings is 1. The first-order chi connectivity index (χ1) is 13.5. The van der Waals surface area contributed by atoms with E-state index in [1.54, 1.807) is 17.8 Å². The summed E-state index contributed by atoms with van der Waals surface area (Å²) in [6, 6.07) is 5.54. The maximum absolute atomic E-state index is 12.8. The minimum atomic E-state index is -3.83. The third-order valence-corrected chi connectivity index (χ3v) is 7.43. The van der Waals surface area contributed by atoms with Crippen molar-refractivity contribution in [1.29, 1.82) is 0 Å². The minimum Gasteiger partial charge on any atom is -0.323 e. The fourth-order valence-electron chi connectivity index (χ4n) is 3.23. The standard InChI is InChI=1S/C16H13N7O3S2/c1-23-12-10(7-18-22-15(12)24)13-14(23)20-16(27-13)28(25,26)19-5-8-3-2-4-11-9(8)6-17-21-11/h2-4,6-7,19H,5H2,1H3,(H,17,21)(H,22,24). The number of nitrogens with one attached hydrogen (secondary N) is 3. The van der Waals surface area contributed by atoms with E-state index in [9.17, 15) is 13.2 Å². The van der Waals surface area contributed by atoms with Gasteiger partial charge in [0.05, 0.1) is 22.6 Å². The van der Waals surface area contributed by atoms with Crippen LogP contribution in [-0.2, 0) is 23.6 Å². The molecule has 0 aliphatic carbocycles. The number of hydrogen-bond acceptors (Lipinski definition) is 7. The van der Waals surface area contributed by atoms with E-state index in [0.717, 1.165) is 27.8 Å². The van der Waals surface area contributed by atoms with Crippen molar-refractivity contribution >= 4 is 53.5 Å². The molecule has 0 atom stereocenters. The molecule has 0 fully saturated rings. The average molecular weight is 415 g/mol. The van der Waals surface area contributed by atoms with Crippen LogP contribution in [-0.4, -0.2) is 38.4 Å². The van der Waals surface area contributed by atoms with Crippen molar-refractivity contribution in [3.8, 4) is 0 Å². The number of aromatic nitrogens is 6. The lowest BCUT2D eigenvalue weighted by atomic mass is 10.1. The maximum atomic E-state index is 12.8. The van der Waals surface area contributed by atoms with E-state index in [0.29, 0.717) is 21.3 Å². The summed E-state index contributed by atoms with van der Waals surface area (Å²) in [4.78, 5) is 16.3. The third kappa shape index (κ3) is 2.46. The highest BCUT2D eigenvalue weighted by molar-refractivity contribution is 7.91. The molecule has 4 aromatic heterocycles. The van der Waals surface area contributed by atoms with Crippen molar-refractivity contribution in [1.82, 2.24) is 34.7 Å². The summed E-state index contributed by atoms with van der Waals surface area (Å²) in [5, 5.41) is 14.4. The molecule has 4 heterocycles. The molecule has 142 valence electrons. The smallest absolute Gasteiger partial charge is 0.288 e. The summed E-state index contributed by atoms with van der Waals surface area (Å²) < 4.78 is 30.3. The second-order valence-electron chi connectivity index (χ2n) is 6.23. The Hall–Kier alpha value is -3.09. The zero-order valence-electron chi connectivity index (χ0n) is 14.4. The summed E-state index contributed by atoms with van der Waals surface area (Å²) in [6.07, 6.45) is 3.16. The van der Waals surface area contributed by atoms with Gasteiger partial charge in [0.1, 0.15) is 5.52 Å². The lowest BCUT2D eigenvalue weighted by molar-refractivity contribution is 0.581. The SMILES string of the molecule is Cn1c2nc(S(=O)(=O)NCc3cccc4[nH]ncc34)sc2c2cn[nH]c(=O)c21. The second kappa shape index (κ2) is 5.95. The Morgan fingerprint density at radius 2 is 1.96 bits per heavy atom. The van der Waals surface area contributed by atoms with E-state index in [1.165, 1.54) is 6.20 Å². The number of aryl methyl sites for hydroxylation is 1. The Kier molecular flexibility index (Phi) is 3.62. The molecule has 5 rings (SSSR count). The number of nitrogens with zero attached hydrogens (tertiary/aromatic N) is 4. The number of rotatable bonds is 4. The van der Waals surface area contributed by atoms with E-state index in [1.807, 2.05) is 18.2 Å². The molecule has 0 saturated heterocycles. The van der Waals surface area contributed by atoms with Crippen LogP contribution in [0.15, 0.2) is 39.7 Å². The van der Waals surface area contributed by atoms with Crippen LogP contribution in [0, 0.1) is 0 Å². The van der Waals surface area contributed by atoms with Crippen molar-refractivity contribution in [2.45, 2.75) is 10.9 Å². The lowest BCUT2D eigenvalue weighted by Crippen LogP contribution is -2.23. The van der Waals surface area contributed by atoms with Gasteiger partial charge in [0.15, 0.2) is 5.65 Å². The third-order valence-electron chi connectivity index (χ3n) is 4.57. The summed E-state index contributed by atoms with van der Waals surface area (Å²) in [6.45, 7) is 0.108.